The van der Waals surface area contributed by atoms with E-state index in [9.17, 15) is 4.79 Å². The van der Waals surface area contributed by atoms with E-state index in [4.69, 9.17) is 9.47 Å². The van der Waals surface area contributed by atoms with Crippen LogP contribution in [0.25, 0.3) is 11.4 Å². The molecule has 1 aliphatic rings. The van der Waals surface area contributed by atoms with Gasteiger partial charge in [0.25, 0.3) is 0 Å². The summed E-state index contributed by atoms with van der Waals surface area (Å²) in [4.78, 5) is 12.3. The van der Waals surface area contributed by atoms with Gasteiger partial charge in [0.15, 0.2) is 11.0 Å². The highest BCUT2D eigenvalue weighted by Crippen LogP contribution is 2.29. The number of hydrogen-bond donors (Lipinski definition) is 0. The molecular formula is C20H27N3O3S. The summed E-state index contributed by atoms with van der Waals surface area (Å²) >= 11 is 1.45. The van der Waals surface area contributed by atoms with Gasteiger partial charge in [-0.2, -0.15) is 0 Å². The molecule has 146 valence electrons. The molecule has 0 amide bonds. The summed E-state index contributed by atoms with van der Waals surface area (Å²) in [6, 6.07) is 7.78. The minimum absolute atomic E-state index is 0.163. The molecule has 0 spiro atoms. The van der Waals surface area contributed by atoms with Crippen molar-refractivity contribution >= 4 is 17.5 Å². The maximum Gasteiger partial charge on any atom is 0.192 e. The van der Waals surface area contributed by atoms with Gasteiger partial charge in [-0.25, -0.2) is 0 Å². The van der Waals surface area contributed by atoms with Gasteiger partial charge in [0.2, 0.25) is 0 Å². The summed E-state index contributed by atoms with van der Waals surface area (Å²) in [5.74, 6) is 2.17. The van der Waals surface area contributed by atoms with Crippen LogP contribution in [-0.2, 0) is 16.1 Å². The van der Waals surface area contributed by atoms with Crippen LogP contribution in [0.4, 0.5) is 0 Å². The fourth-order valence-corrected chi connectivity index (χ4v) is 3.96. The lowest BCUT2D eigenvalue weighted by molar-refractivity contribution is -0.123. The van der Waals surface area contributed by atoms with Crippen molar-refractivity contribution in [3.63, 3.8) is 0 Å². The van der Waals surface area contributed by atoms with Crippen LogP contribution in [0.15, 0.2) is 29.4 Å². The van der Waals surface area contributed by atoms with E-state index in [1.54, 1.807) is 7.11 Å². The highest BCUT2D eigenvalue weighted by atomic mass is 32.2. The summed E-state index contributed by atoms with van der Waals surface area (Å²) in [5.41, 5.74) is 0.612. The minimum atomic E-state index is -0.356. The molecule has 2 aromatic rings. The highest BCUT2D eigenvalue weighted by Gasteiger charge is 2.25. The van der Waals surface area contributed by atoms with Gasteiger partial charge in [-0.1, -0.05) is 32.5 Å². The SMILES string of the molecule is COc1ccc(-c2nnc(SCC(=O)C(C)(C)C)n2CC2CCCO2)cc1. The number of rotatable bonds is 7. The highest BCUT2D eigenvalue weighted by molar-refractivity contribution is 7.99. The minimum Gasteiger partial charge on any atom is -0.497 e. The zero-order valence-electron chi connectivity index (χ0n) is 16.4. The second-order valence-corrected chi connectivity index (χ2v) is 8.68. The van der Waals surface area contributed by atoms with E-state index in [-0.39, 0.29) is 17.3 Å². The molecule has 3 rings (SSSR count). The number of nitrogens with zero attached hydrogens (tertiary/aromatic N) is 3. The van der Waals surface area contributed by atoms with Gasteiger partial charge < -0.3 is 9.47 Å². The van der Waals surface area contributed by atoms with E-state index in [1.165, 1.54) is 11.8 Å². The average Bonchev–Trinajstić information content (AvgIpc) is 3.29. The lowest BCUT2D eigenvalue weighted by Gasteiger charge is -2.17. The molecule has 0 N–H and O–H groups in total. The normalized spacial score (nSPS) is 17.3. The largest absolute Gasteiger partial charge is 0.497 e. The number of thioether (sulfide) groups is 1. The number of methoxy groups -OCH3 is 1. The molecule has 1 fully saturated rings. The number of Topliss-reactive ketones (excluding diaryl/α,β-unsaturated/α-hetero) is 1. The Morgan fingerprint density at radius 3 is 2.63 bits per heavy atom. The van der Waals surface area contributed by atoms with Gasteiger partial charge in [0, 0.05) is 17.6 Å². The van der Waals surface area contributed by atoms with Crippen molar-refractivity contribution in [2.45, 2.75) is 51.4 Å². The fraction of sp³-hybridized carbons (Fsp3) is 0.550. The first-order chi connectivity index (χ1) is 12.9. The molecule has 0 saturated carbocycles. The molecule has 7 heteroatoms. The van der Waals surface area contributed by atoms with Gasteiger partial charge in [-0.15, -0.1) is 10.2 Å². The molecule has 1 unspecified atom stereocenters. The van der Waals surface area contributed by atoms with E-state index < -0.39 is 0 Å². The van der Waals surface area contributed by atoms with Crippen molar-refractivity contribution in [2.24, 2.45) is 5.41 Å². The van der Waals surface area contributed by atoms with Gasteiger partial charge in [0.1, 0.15) is 11.5 Å². The zero-order chi connectivity index (χ0) is 19.4. The third-order valence-electron chi connectivity index (χ3n) is 4.64. The Kier molecular flexibility index (Phi) is 6.22. The maximum absolute atomic E-state index is 12.3. The molecule has 2 heterocycles. The van der Waals surface area contributed by atoms with Gasteiger partial charge >= 0.3 is 0 Å². The second kappa shape index (κ2) is 8.44. The number of aromatic nitrogens is 3. The van der Waals surface area contributed by atoms with E-state index in [0.717, 1.165) is 41.7 Å². The molecule has 1 aromatic heterocycles. The number of ether oxygens (including phenoxy) is 2. The molecule has 0 radical (unpaired) electrons. The standard InChI is InChI=1S/C20H27N3O3S/c1-20(2,3)17(24)13-27-19-22-21-18(14-7-9-15(25-4)10-8-14)23(19)12-16-6-5-11-26-16/h7-10,16H,5-6,11-13H2,1-4H3. The molecule has 1 aromatic carbocycles. The Morgan fingerprint density at radius 2 is 2.04 bits per heavy atom. The van der Waals surface area contributed by atoms with Crippen molar-refractivity contribution in [3.8, 4) is 17.1 Å². The Balaban J connectivity index is 1.85. The van der Waals surface area contributed by atoms with Gasteiger partial charge in [-0.3, -0.25) is 9.36 Å². The average molecular weight is 390 g/mol. The van der Waals surface area contributed by atoms with Crippen LogP contribution in [0.2, 0.25) is 0 Å². The summed E-state index contributed by atoms with van der Waals surface area (Å²) in [6.07, 6.45) is 2.27. The van der Waals surface area contributed by atoms with Crippen LogP contribution in [0.3, 0.4) is 0 Å². The fourth-order valence-electron chi connectivity index (χ4n) is 2.85. The first-order valence-corrected chi connectivity index (χ1v) is 10.2. The molecular weight excluding hydrogens is 362 g/mol. The third-order valence-corrected chi connectivity index (χ3v) is 5.61. The lowest BCUT2D eigenvalue weighted by atomic mass is 9.92. The number of carbonyl (C=O) groups is 1. The van der Waals surface area contributed by atoms with E-state index in [2.05, 4.69) is 14.8 Å². The number of benzene rings is 1. The van der Waals surface area contributed by atoms with E-state index in [1.807, 2.05) is 45.0 Å². The Bertz CT molecular complexity index is 775. The molecule has 0 aliphatic carbocycles. The molecule has 0 bridgehead atoms. The zero-order valence-corrected chi connectivity index (χ0v) is 17.2. The van der Waals surface area contributed by atoms with Crippen molar-refractivity contribution in [2.75, 3.05) is 19.5 Å². The summed E-state index contributed by atoms with van der Waals surface area (Å²) in [7, 11) is 1.65. The van der Waals surface area contributed by atoms with Crippen LogP contribution in [0.1, 0.15) is 33.6 Å². The predicted octanol–water partition coefficient (Wildman–Crippen LogP) is 3.84. The third kappa shape index (κ3) is 4.90. The smallest absolute Gasteiger partial charge is 0.192 e. The first-order valence-electron chi connectivity index (χ1n) is 9.24. The number of ketones is 1. The van der Waals surface area contributed by atoms with Crippen molar-refractivity contribution in [1.82, 2.24) is 14.8 Å². The lowest BCUT2D eigenvalue weighted by Crippen LogP contribution is -2.22. The molecule has 1 atom stereocenters. The first kappa shape index (κ1) is 19.9. The van der Waals surface area contributed by atoms with Crippen LogP contribution in [0.5, 0.6) is 5.75 Å². The Labute approximate surface area is 164 Å². The summed E-state index contributed by atoms with van der Waals surface area (Å²) in [5, 5.41) is 9.53. The maximum atomic E-state index is 12.3. The van der Waals surface area contributed by atoms with Crippen molar-refractivity contribution in [3.05, 3.63) is 24.3 Å². The molecule has 1 aliphatic heterocycles. The summed E-state index contributed by atoms with van der Waals surface area (Å²) in [6.45, 7) is 7.32. The monoisotopic (exact) mass is 389 g/mol. The molecule has 6 nitrogen and oxygen atoms in total. The number of carbonyl (C=O) groups excluding carboxylic acids is 1. The molecule has 1 saturated heterocycles. The van der Waals surface area contributed by atoms with Crippen molar-refractivity contribution in [1.29, 1.82) is 0 Å². The van der Waals surface area contributed by atoms with Crippen LogP contribution in [-0.4, -0.2) is 46.1 Å². The topological polar surface area (TPSA) is 66.2 Å². The Morgan fingerprint density at radius 1 is 1.30 bits per heavy atom. The van der Waals surface area contributed by atoms with E-state index in [0.29, 0.717) is 12.3 Å². The van der Waals surface area contributed by atoms with Crippen LogP contribution < -0.4 is 4.74 Å². The quantitative estimate of drug-likeness (QED) is 0.670. The van der Waals surface area contributed by atoms with Crippen molar-refractivity contribution < 1.29 is 14.3 Å². The Hall–Kier alpha value is -1.86. The van der Waals surface area contributed by atoms with Crippen LogP contribution in [0, 0.1) is 5.41 Å². The summed E-state index contributed by atoms with van der Waals surface area (Å²) < 4.78 is 13.1. The second-order valence-electron chi connectivity index (χ2n) is 7.74. The van der Waals surface area contributed by atoms with E-state index >= 15 is 0 Å². The van der Waals surface area contributed by atoms with Gasteiger partial charge in [-0.05, 0) is 37.1 Å². The predicted molar refractivity (Wildman–Crippen MR) is 106 cm³/mol. The number of hydrogen-bond acceptors (Lipinski definition) is 6. The van der Waals surface area contributed by atoms with Crippen LogP contribution >= 0.6 is 11.8 Å². The van der Waals surface area contributed by atoms with Gasteiger partial charge in [0.05, 0.1) is 25.5 Å². The molecule has 27 heavy (non-hydrogen) atoms.